The zero-order chi connectivity index (χ0) is 19.6. The molecule has 1 amide bonds. The molecule has 28 heavy (non-hydrogen) atoms. The Morgan fingerprint density at radius 2 is 1.86 bits per heavy atom. The van der Waals surface area contributed by atoms with E-state index >= 15 is 0 Å². The lowest BCUT2D eigenvalue weighted by Crippen LogP contribution is -2.33. The Balaban J connectivity index is 1.65. The number of para-hydroxylation sites is 1. The Bertz CT molecular complexity index is 920. The topological polar surface area (TPSA) is 69.3 Å². The lowest BCUT2D eigenvalue weighted by molar-refractivity contribution is -0.117. The van der Waals surface area contributed by atoms with E-state index in [-0.39, 0.29) is 12.5 Å². The first-order chi connectivity index (χ1) is 13.7. The number of amides is 1. The van der Waals surface area contributed by atoms with Gasteiger partial charge in [-0.1, -0.05) is 42.1 Å². The van der Waals surface area contributed by atoms with Gasteiger partial charge in [0.15, 0.2) is 0 Å². The number of rotatable bonds is 9. The predicted molar refractivity (Wildman–Crippen MR) is 110 cm³/mol. The molecular weight excluding hydrogens is 370 g/mol. The minimum atomic E-state index is -0.120. The average Bonchev–Trinajstić information content (AvgIpc) is 3.21. The van der Waals surface area contributed by atoms with E-state index in [1.807, 2.05) is 71.6 Å². The molecule has 0 bridgehead atoms. The highest BCUT2D eigenvalue weighted by atomic mass is 32.2. The summed E-state index contributed by atoms with van der Waals surface area (Å²) in [5.74, 6) is 0.649. The van der Waals surface area contributed by atoms with Gasteiger partial charge in [-0.3, -0.25) is 9.69 Å². The van der Waals surface area contributed by atoms with Gasteiger partial charge in [0, 0.05) is 22.8 Å². The molecule has 2 aromatic carbocycles. The molecule has 3 rings (SSSR count). The van der Waals surface area contributed by atoms with Crippen molar-refractivity contribution >= 4 is 23.4 Å². The Labute approximate surface area is 169 Å². The van der Waals surface area contributed by atoms with E-state index in [2.05, 4.69) is 11.4 Å². The maximum absolute atomic E-state index is 12.6. The van der Waals surface area contributed by atoms with E-state index in [1.54, 1.807) is 18.0 Å². The summed E-state index contributed by atoms with van der Waals surface area (Å²) >= 11 is 1.61. The molecule has 1 heterocycles. The van der Waals surface area contributed by atoms with Crippen molar-refractivity contribution < 1.29 is 9.21 Å². The van der Waals surface area contributed by atoms with Crippen LogP contribution in [0.1, 0.15) is 12.2 Å². The summed E-state index contributed by atoms with van der Waals surface area (Å²) in [6, 6.07) is 23.6. The summed E-state index contributed by atoms with van der Waals surface area (Å²) in [5, 5.41) is 11.9. The largest absolute Gasteiger partial charge is 0.468 e. The second-order valence-corrected chi connectivity index (χ2v) is 7.27. The van der Waals surface area contributed by atoms with Crippen molar-refractivity contribution in [3.8, 4) is 6.07 Å². The Morgan fingerprint density at radius 1 is 1.07 bits per heavy atom. The molecule has 0 saturated carbocycles. The van der Waals surface area contributed by atoms with Crippen LogP contribution in [0, 0.1) is 11.3 Å². The number of carbonyl (C=O) groups is 1. The van der Waals surface area contributed by atoms with Gasteiger partial charge in [-0.25, -0.2) is 0 Å². The van der Waals surface area contributed by atoms with Crippen LogP contribution in [0.5, 0.6) is 0 Å². The van der Waals surface area contributed by atoms with Crippen LogP contribution in [-0.2, 0) is 11.3 Å². The van der Waals surface area contributed by atoms with Crippen LogP contribution in [0.3, 0.4) is 0 Å². The van der Waals surface area contributed by atoms with Crippen LogP contribution in [-0.4, -0.2) is 23.9 Å². The number of carbonyl (C=O) groups excluding carboxylic acids is 1. The molecule has 0 spiro atoms. The third-order valence-corrected chi connectivity index (χ3v) is 5.08. The molecule has 5 nitrogen and oxygen atoms in total. The average molecular weight is 391 g/mol. The number of nitriles is 1. The van der Waals surface area contributed by atoms with E-state index in [0.29, 0.717) is 19.5 Å². The normalized spacial score (nSPS) is 10.6. The monoisotopic (exact) mass is 391 g/mol. The molecule has 3 aromatic rings. The first kappa shape index (κ1) is 19.7. The molecule has 0 radical (unpaired) electrons. The highest BCUT2D eigenvalue weighted by Crippen LogP contribution is 2.33. The first-order valence-electron chi connectivity index (χ1n) is 8.98. The third-order valence-electron chi connectivity index (χ3n) is 4.00. The fourth-order valence-corrected chi connectivity index (χ4v) is 3.64. The van der Waals surface area contributed by atoms with Crippen LogP contribution >= 0.6 is 11.8 Å². The van der Waals surface area contributed by atoms with Gasteiger partial charge in [-0.05, 0) is 36.4 Å². The summed E-state index contributed by atoms with van der Waals surface area (Å²) in [5.41, 5.74) is 0.777. The molecule has 0 atom stereocenters. The zero-order valence-corrected chi connectivity index (χ0v) is 16.2. The second-order valence-electron chi connectivity index (χ2n) is 6.16. The van der Waals surface area contributed by atoms with Crippen molar-refractivity contribution in [1.82, 2.24) is 4.90 Å². The summed E-state index contributed by atoms with van der Waals surface area (Å²) in [4.78, 5) is 16.6. The van der Waals surface area contributed by atoms with E-state index in [1.165, 1.54) is 0 Å². The van der Waals surface area contributed by atoms with Crippen molar-refractivity contribution in [2.45, 2.75) is 22.8 Å². The van der Waals surface area contributed by atoms with Crippen molar-refractivity contribution in [2.24, 2.45) is 0 Å². The molecule has 0 aliphatic rings. The van der Waals surface area contributed by atoms with E-state index < -0.39 is 0 Å². The smallest absolute Gasteiger partial charge is 0.238 e. The maximum atomic E-state index is 12.6. The molecule has 0 aliphatic carbocycles. The number of hydrogen-bond acceptors (Lipinski definition) is 5. The highest BCUT2D eigenvalue weighted by Gasteiger charge is 2.14. The summed E-state index contributed by atoms with van der Waals surface area (Å²) in [7, 11) is 0. The lowest BCUT2D eigenvalue weighted by Gasteiger charge is -2.20. The number of furan rings is 1. The Morgan fingerprint density at radius 3 is 2.61 bits per heavy atom. The van der Waals surface area contributed by atoms with Crippen LogP contribution in [0.4, 0.5) is 5.69 Å². The zero-order valence-electron chi connectivity index (χ0n) is 15.4. The molecule has 6 heteroatoms. The number of anilines is 1. The van der Waals surface area contributed by atoms with Gasteiger partial charge in [0.05, 0.1) is 31.1 Å². The van der Waals surface area contributed by atoms with E-state index in [0.717, 1.165) is 21.2 Å². The molecule has 0 aliphatic heterocycles. The summed E-state index contributed by atoms with van der Waals surface area (Å²) in [6.45, 7) is 1.18. The SMILES string of the molecule is N#CCCN(CC(=O)Nc1ccccc1Sc1ccccc1)Cc1ccco1. The Kier molecular flexibility index (Phi) is 7.30. The molecule has 1 aromatic heterocycles. The van der Waals surface area contributed by atoms with Crippen molar-refractivity contribution in [3.63, 3.8) is 0 Å². The molecule has 142 valence electrons. The minimum absolute atomic E-state index is 0.120. The summed E-state index contributed by atoms with van der Waals surface area (Å²) in [6.07, 6.45) is 1.96. The van der Waals surface area contributed by atoms with Crippen LogP contribution < -0.4 is 5.32 Å². The number of benzene rings is 2. The third kappa shape index (κ3) is 6.02. The van der Waals surface area contributed by atoms with Gasteiger partial charge < -0.3 is 9.73 Å². The summed E-state index contributed by atoms with van der Waals surface area (Å²) < 4.78 is 5.37. The molecule has 0 saturated heterocycles. The molecule has 1 N–H and O–H groups in total. The molecule has 0 fully saturated rings. The second kappa shape index (κ2) is 10.4. The molecular formula is C22H21N3O2S. The van der Waals surface area contributed by atoms with Crippen LogP contribution in [0.2, 0.25) is 0 Å². The van der Waals surface area contributed by atoms with E-state index in [9.17, 15) is 4.79 Å². The van der Waals surface area contributed by atoms with Gasteiger partial charge >= 0.3 is 0 Å². The van der Waals surface area contributed by atoms with Gasteiger partial charge in [-0.15, -0.1) is 0 Å². The van der Waals surface area contributed by atoms with Gasteiger partial charge in [-0.2, -0.15) is 5.26 Å². The quantitative estimate of drug-likeness (QED) is 0.568. The molecule has 0 unspecified atom stereocenters. The Hall–Kier alpha value is -3.01. The van der Waals surface area contributed by atoms with Crippen LogP contribution in [0.25, 0.3) is 0 Å². The van der Waals surface area contributed by atoms with Gasteiger partial charge in [0.25, 0.3) is 0 Å². The standard InChI is InChI=1S/C22H21N3O2S/c23-13-7-14-25(16-18-8-6-15-27-18)17-22(26)24-20-11-4-5-12-21(20)28-19-9-2-1-3-10-19/h1-6,8-12,15H,7,14,16-17H2,(H,24,26). The fourth-order valence-electron chi connectivity index (χ4n) is 2.71. The maximum Gasteiger partial charge on any atom is 0.238 e. The fraction of sp³-hybridized carbons (Fsp3) is 0.182. The van der Waals surface area contributed by atoms with Crippen molar-refractivity contribution in [1.29, 1.82) is 5.26 Å². The number of nitrogens with zero attached hydrogens (tertiary/aromatic N) is 2. The van der Waals surface area contributed by atoms with Crippen molar-refractivity contribution in [3.05, 3.63) is 78.8 Å². The van der Waals surface area contributed by atoms with Gasteiger partial charge in [0.2, 0.25) is 5.91 Å². The number of nitrogens with one attached hydrogen (secondary N) is 1. The van der Waals surface area contributed by atoms with E-state index in [4.69, 9.17) is 9.68 Å². The van der Waals surface area contributed by atoms with Crippen LogP contribution in [0.15, 0.2) is 87.2 Å². The number of hydrogen-bond donors (Lipinski definition) is 1. The highest BCUT2D eigenvalue weighted by molar-refractivity contribution is 7.99. The lowest BCUT2D eigenvalue weighted by atomic mass is 10.3. The van der Waals surface area contributed by atoms with Crippen molar-refractivity contribution in [2.75, 3.05) is 18.4 Å². The first-order valence-corrected chi connectivity index (χ1v) is 9.80. The minimum Gasteiger partial charge on any atom is -0.468 e. The predicted octanol–water partition coefficient (Wildman–Crippen LogP) is 4.79. The van der Waals surface area contributed by atoms with Gasteiger partial charge in [0.1, 0.15) is 5.76 Å².